The topological polar surface area (TPSA) is 176 Å². The maximum atomic E-state index is 15.9. The molecule has 1 aromatic carbocycles. The first-order valence-electron chi connectivity index (χ1n) is 12.8. The summed E-state index contributed by atoms with van der Waals surface area (Å²) in [6, 6.07) is 7.68. The van der Waals surface area contributed by atoms with E-state index >= 15 is 4.39 Å². The summed E-state index contributed by atoms with van der Waals surface area (Å²) >= 11 is 5.71. The lowest BCUT2D eigenvalue weighted by molar-refractivity contribution is -0.148. The highest BCUT2D eigenvalue weighted by atomic mass is 32.5. The number of nitrogens with one attached hydrogen (secondary N) is 2. The number of para-hydroxylation sites is 1. The van der Waals surface area contributed by atoms with Crippen molar-refractivity contribution in [3.63, 3.8) is 0 Å². The summed E-state index contributed by atoms with van der Waals surface area (Å²) in [7, 11) is 0. The maximum absolute atomic E-state index is 15.9. The van der Waals surface area contributed by atoms with E-state index in [2.05, 4.69) is 20.0 Å². The second kappa shape index (κ2) is 11.7. The van der Waals surface area contributed by atoms with Gasteiger partial charge in [0.25, 0.3) is 5.56 Å². The number of ether oxygens (including phenoxy) is 2. The first kappa shape index (κ1) is 31.0. The number of anilines is 1. The molecule has 1 fully saturated rings. The lowest BCUT2D eigenvalue weighted by atomic mass is 9.98. The first-order valence-corrected chi connectivity index (χ1v) is 15.4. The van der Waals surface area contributed by atoms with Crippen molar-refractivity contribution in [1.29, 1.82) is 0 Å². The highest BCUT2D eigenvalue weighted by molar-refractivity contribution is 8.09. The van der Waals surface area contributed by atoms with Crippen molar-refractivity contribution in [1.82, 2.24) is 24.6 Å². The van der Waals surface area contributed by atoms with Gasteiger partial charge in [0.05, 0.1) is 19.5 Å². The van der Waals surface area contributed by atoms with Crippen molar-refractivity contribution < 1.29 is 32.8 Å². The van der Waals surface area contributed by atoms with Crippen LogP contribution in [0.4, 0.5) is 10.3 Å². The molecule has 1 aliphatic heterocycles. The number of fused-ring (bicyclic) bond motifs is 1. The van der Waals surface area contributed by atoms with E-state index in [0.717, 1.165) is 6.92 Å². The van der Waals surface area contributed by atoms with Crippen LogP contribution in [0.1, 0.15) is 40.8 Å². The number of aromatic amines is 1. The zero-order chi connectivity index (χ0) is 30.2. The highest BCUT2D eigenvalue weighted by Gasteiger charge is 2.56. The average molecular weight is 613 g/mol. The summed E-state index contributed by atoms with van der Waals surface area (Å²) in [6.07, 6.45) is -3.16. The minimum atomic E-state index is -3.49. The fourth-order valence-electron chi connectivity index (χ4n) is 4.05. The van der Waals surface area contributed by atoms with Gasteiger partial charge >= 0.3 is 12.6 Å². The average Bonchev–Trinajstić information content (AvgIpc) is 3.39. The molecule has 0 bridgehead atoms. The Morgan fingerprint density at radius 3 is 2.73 bits per heavy atom. The fraction of sp³-hybridized carbons (Fsp3) is 0.520. The van der Waals surface area contributed by atoms with Crippen molar-refractivity contribution in [2.75, 3.05) is 18.9 Å². The molecule has 0 amide bonds. The predicted octanol–water partition coefficient (Wildman–Crippen LogP) is 2.58. The van der Waals surface area contributed by atoms with Crippen LogP contribution >= 0.6 is 6.64 Å². The Bertz CT molecular complexity index is 1500. The van der Waals surface area contributed by atoms with E-state index in [0.29, 0.717) is 5.75 Å². The Hall–Kier alpha value is -2.94. The first-order chi connectivity index (χ1) is 19.1. The third-order valence-corrected chi connectivity index (χ3v) is 8.65. The van der Waals surface area contributed by atoms with E-state index in [-0.39, 0.29) is 29.1 Å². The van der Waals surface area contributed by atoms with Gasteiger partial charge in [0.15, 0.2) is 23.1 Å². The summed E-state index contributed by atoms with van der Waals surface area (Å²) in [5.41, 5.74) is 2.36. The minimum Gasteiger partial charge on any atom is -0.464 e. The molecule has 6 atom stereocenters. The Balaban J connectivity index is 1.53. The number of carbonyl (C=O) groups is 1. The second-order valence-corrected chi connectivity index (χ2v) is 14.3. The van der Waals surface area contributed by atoms with Gasteiger partial charge < -0.3 is 29.4 Å². The number of nitrogen functional groups attached to an aromatic ring is 1. The number of hydrogen-bond acceptors (Lipinski definition) is 11. The Kier molecular flexibility index (Phi) is 8.88. The van der Waals surface area contributed by atoms with Crippen molar-refractivity contribution in [3.8, 4) is 5.75 Å². The SMILES string of the molecule is CC(NP(=S)(OC[C@H]1O[C@@H](n2cnc3c(=O)[nH]c(N)nc32)[C@](C)(F)[C@@H]1O)Oc1ccccc1)C(=O)OCC(C)(C)C. The van der Waals surface area contributed by atoms with Crippen molar-refractivity contribution in [2.24, 2.45) is 5.41 Å². The molecule has 0 saturated carbocycles. The number of nitrogens with two attached hydrogens (primary N) is 1. The van der Waals surface area contributed by atoms with E-state index in [4.69, 9.17) is 36.1 Å². The van der Waals surface area contributed by atoms with Crippen LogP contribution in [0, 0.1) is 5.41 Å². The van der Waals surface area contributed by atoms with E-state index in [1.807, 2.05) is 20.8 Å². The van der Waals surface area contributed by atoms with Crippen molar-refractivity contribution >= 4 is 41.5 Å². The molecule has 2 unspecified atom stereocenters. The molecule has 224 valence electrons. The molecular weight excluding hydrogens is 578 g/mol. The molecule has 3 aromatic rings. The van der Waals surface area contributed by atoms with E-state index in [1.54, 1.807) is 37.3 Å². The summed E-state index contributed by atoms with van der Waals surface area (Å²) in [5.74, 6) is -0.377. The quantitative estimate of drug-likeness (QED) is 0.195. The van der Waals surface area contributed by atoms with Gasteiger partial charge in [-0.1, -0.05) is 39.0 Å². The molecule has 41 heavy (non-hydrogen) atoms. The van der Waals surface area contributed by atoms with Crippen LogP contribution < -0.4 is 20.9 Å². The Labute approximate surface area is 240 Å². The molecule has 0 radical (unpaired) electrons. The molecule has 1 aliphatic rings. The number of nitrogens with zero attached hydrogens (tertiary/aromatic N) is 3. The number of aliphatic hydroxyl groups excluding tert-OH is 1. The number of hydrogen-bond donors (Lipinski definition) is 4. The molecule has 0 aliphatic carbocycles. The summed E-state index contributed by atoms with van der Waals surface area (Å²) in [6.45, 7) is 4.79. The highest BCUT2D eigenvalue weighted by Crippen LogP contribution is 2.48. The maximum Gasteiger partial charge on any atom is 0.323 e. The normalized spacial score (nSPS) is 25.1. The van der Waals surface area contributed by atoms with Crippen molar-refractivity contribution in [2.45, 2.75) is 64.8 Å². The summed E-state index contributed by atoms with van der Waals surface area (Å²) < 4.78 is 40.3. The van der Waals surface area contributed by atoms with Crippen LogP contribution in [0.3, 0.4) is 0 Å². The van der Waals surface area contributed by atoms with Crippen molar-refractivity contribution in [3.05, 3.63) is 47.0 Å². The molecule has 5 N–H and O–H groups in total. The van der Waals surface area contributed by atoms with E-state index in [9.17, 15) is 14.7 Å². The number of carbonyl (C=O) groups excluding carboxylic acids is 1. The van der Waals surface area contributed by atoms with Crippen LogP contribution in [0.5, 0.6) is 5.75 Å². The van der Waals surface area contributed by atoms with Gasteiger partial charge in [-0.3, -0.25) is 19.1 Å². The molecular formula is C25H34FN6O7PS. The number of aliphatic hydroxyl groups is 1. The van der Waals surface area contributed by atoms with Gasteiger partial charge in [-0.15, -0.1) is 0 Å². The Morgan fingerprint density at radius 2 is 2.07 bits per heavy atom. The second-order valence-electron chi connectivity index (χ2n) is 11.1. The van der Waals surface area contributed by atoms with Gasteiger partial charge in [-0.2, -0.15) is 4.98 Å². The molecule has 4 rings (SSSR count). The monoisotopic (exact) mass is 612 g/mol. The molecule has 0 spiro atoms. The summed E-state index contributed by atoms with van der Waals surface area (Å²) in [4.78, 5) is 35.2. The van der Waals surface area contributed by atoms with E-state index in [1.165, 1.54) is 10.9 Å². The lowest BCUT2D eigenvalue weighted by Crippen LogP contribution is -2.41. The number of aromatic nitrogens is 4. The van der Waals surface area contributed by atoms with Gasteiger partial charge in [-0.25, -0.2) is 14.5 Å². The standard InChI is InChI=1S/C25H34FN6O7PS/c1-14(21(35)36-12-24(2,3)4)31-40(41,39-15-9-7-6-8-10-15)37-11-16-18(33)25(5,26)22(38-16)32-13-28-17-19(32)29-23(27)30-20(17)34/h6-10,13-14,16,18,22,33H,11-12H2,1-5H3,(H,31,41)(H3,27,29,30,34)/t14?,16-,18-,22-,25-,40?/m1/s1. The number of alkyl halides is 1. The lowest BCUT2D eigenvalue weighted by Gasteiger charge is -2.28. The van der Waals surface area contributed by atoms with Gasteiger partial charge in [-0.05, 0) is 43.2 Å². The van der Waals surface area contributed by atoms with Crippen LogP contribution in [-0.2, 0) is 30.6 Å². The molecule has 16 heteroatoms. The number of rotatable bonds is 10. The third-order valence-electron chi connectivity index (χ3n) is 6.15. The molecule has 2 aromatic heterocycles. The van der Waals surface area contributed by atoms with Crippen LogP contribution in [0.25, 0.3) is 11.2 Å². The zero-order valence-electron chi connectivity index (χ0n) is 23.2. The third kappa shape index (κ3) is 7.11. The van der Waals surface area contributed by atoms with Crippen LogP contribution in [0.15, 0.2) is 41.5 Å². The fourth-order valence-corrected chi connectivity index (χ4v) is 6.47. The molecule has 1 saturated heterocycles. The number of H-pyrrole nitrogens is 1. The Morgan fingerprint density at radius 1 is 1.39 bits per heavy atom. The minimum absolute atomic E-state index is 0.0179. The predicted molar refractivity (Wildman–Crippen MR) is 152 cm³/mol. The molecule has 3 heterocycles. The van der Waals surface area contributed by atoms with Crippen LogP contribution in [0.2, 0.25) is 0 Å². The summed E-state index contributed by atoms with van der Waals surface area (Å²) in [5, 5.41) is 13.8. The van der Waals surface area contributed by atoms with Gasteiger partial charge in [0.1, 0.15) is 24.0 Å². The molecule has 13 nitrogen and oxygen atoms in total. The van der Waals surface area contributed by atoms with E-state index < -0.39 is 54.9 Å². The van der Waals surface area contributed by atoms with Crippen LogP contribution in [-0.4, -0.2) is 67.7 Å². The smallest absolute Gasteiger partial charge is 0.323 e. The number of benzene rings is 1. The number of esters is 1. The zero-order valence-corrected chi connectivity index (χ0v) is 24.9. The van der Waals surface area contributed by atoms with Gasteiger partial charge in [0.2, 0.25) is 5.95 Å². The van der Waals surface area contributed by atoms with Gasteiger partial charge in [0, 0.05) is 0 Å². The largest absolute Gasteiger partial charge is 0.464 e. The number of imidazole rings is 1. The number of halogens is 1.